The molecule has 0 aromatic heterocycles. The van der Waals surface area contributed by atoms with Gasteiger partial charge in [0, 0.05) is 28.3 Å². The Morgan fingerprint density at radius 2 is 1.79 bits per heavy atom. The largest absolute Gasteiger partial charge is 0.456 e. The lowest BCUT2D eigenvalue weighted by Gasteiger charge is -2.16. The molecule has 0 bridgehead atoms. The number of nitrogens with one attached hydrogen (secondary N) is 3. The molecule has 0 saturated heterocycles. The van der Waals surface area contributed by atoms with Gasteiger partial charge in [-0.3, -0.25) is 14.4 Å². The van der Waals surface area contributed by atoms with Gasteiger partial charge in [-0.15, -0.1) is 0 Å². The predicted molar refractivity (Wildman–Crippen MR) is 131 cm³/mol. The van der Waals surface area contributed by atoms with Crippen molar-refractivity contribution in [3.05, 3.63) is 75.4 Å². The summed E-state index contributed by atoms with van der Waals surface area (Å²) >= 11 is 1.94. The minimum Gasteiger partial charge on any atom is -0.456 e. The first-order valence-corrected chi connectivity index (χ1v) is 10.9. The summed E-state index contributed by atoms with van der Waals surface area (Å²) in [6.45, 7) is 1.06. The quantitative estimate of drug-likeness (QED) is 0.297. The van der Waals surface area contributed by atoms with Gasteiger partial charge in [-0.1, -0.05) is 6.07 Å². The first-order valence-electron chi connectivity index (χ1n) is 9.80. The Morgan fingerprint density at radius 1 is 1.03 bits per heavy atom. The van der Waals surface area contributed by atoms with E-state index in [-0.39, 0.29) is 40.9 Å². The standard InChI is InChI=1S/C23H19F2IN4O4/c1-12(31)28-11-21(32)29-15-3-2-4-16(10-15)34-20-8-13(24)7-19(22(20)23(27)33)30-18-6-5-14(26)9-17(18)25/h2-10,30H,11H2,1H3,(H2,27,33)(H,28,31)(H,29,32). The van der Waals surface area contributed by atoms with Crippen LogP contribution in [0.3, 0.4) is 0 Å². The fourth-order valence-electron chi connectivity index (χ4n) is 2.93. The number of halogens is 3. The van der Waals surface area contributed by atoms with Gasteiger partial charge in [-0.25, -0.2) is 8.78 Å². The van der Waals surface area contributed by atoms with Gasteiger partial charge in [0.05, 0.1) is 17.9 Å². The molecule has 0 aliphatic carbocycles. The Labute approximate surface area is 207 Å². The lowest BCUT2D eigenvalue weighted by Crippen LogP contribution is -2.31. The molecule has 0 radical (unpaired) electrons. The monoisotopic (exact) mass is 580 g/mol. The Balaban J connectivity index is 1.89. The van der Waals surface area contributed by atoms with Crippen LogP contribution in [0.15, 0.2) is 54.6 Å². The number of amides is 3. The van der Waals surface area contributed by atoms with E-state index >= 15 is 0 Å². The smallest absolute Gasteiger partial charge is 0.254 e. The van der Waals surface area contributed by atoms with E-state index in [1.165, 1.54) is 31.2 Å². The van der Waals surface area contributed by atoms with E-state index in [4.69, 9.17) is 10.5 Å². The van der Waals surface area contributed by atoms with Crippen LogP contribution in [0.4, 0.5) is 25.8 Å². The fourth-order valence-corrected chi connectivity index (χ4v) is 3.38. The normalized spacial score (nSPS) is 10.4. The summed E-state index contributed by atoms with van der Waals surface area (Å²) in [6.07, 6.45) is 0. The highest BCUT2D eigenvalue weighted by Gasteiger charge is 2.20. The van der Waals surface area contributed by atoms with E-state index in [0.29, 0.717) is 9.26 Å². The third kappa shape index (κ3) is 6.63. The van der Waals surface area contributed by atoms with Gasteiger partial charge in [-0.05, 0) is 59.0 Å². The minimum absolute atomic E-state index is 0.0170. The number of primary amides is 1. The summed E-state index contributed by atoms with van der Waals surface area (Å²) in [4.78, 5) is 35.1. The van der Waals surface area contributed by atoms with Crippen molar-refractivity contribution in [2.75, 3.05) is 17.2 Å². The van der Waals surface area contributed by atoms with Gasteiger partial charge in [0.2, 0.25) is 11.8 Å². The van der Waals surface area contributed by atoms with Gasteiger partial charge in [0.1, 0.15) is 28.7 Å². The van der Waals surface area contributed by atoms with Crippen molar-refractivity contribution in [2.24, 2.45) is 5.73 Å². The van der Waals surface area contributed by atoms with E-state index in [0.717, 1.165) is 12.1 Å². The summed E-state index contributed by atoms with van der Waals surface area (Å²) < 4.78 is 35.0. The summed E-state index contributed by atoms with van der Waals surface area (Å²) in [7, 11) is 0. The van der Waals surface area contributed by atoms with Crippen molar-refractivity contribution >= 4 is 57.4 Å². The van der Waals surface area contributed by atoms with Crippen molar-refractivity contribution in [2.45, 2.75) is 6.92 Å². The zero-order valence-corrected chi connectivity index (χ0v) is 19.9. The number of ether oxygens (including phenoxy) is 1. The second-order valence-electron chi connectivity index (χ2n) is 7.03. The first-order chi connectivity index (χ1) is 16.1. The molecule has 0 spiro atoms. The molecule has 0 fully saturated rings. The van der Waals surface area contributed by atoms with Crippen LogP contribution in [0.25, 0.3) is 0 Å². The molecule has 0 aliphatic heterocycles. The summed E-state index contributed by atoms with van der Waals surface area (Å²) in [5, 5.41) is 7.63. The first kappa shape index (κ1) is 24.9. The van der Waals surface area contributed by atoms with Crippen LogP contribution < -0.4 is 26.4 Å². The van der Waals surface area contributed by atoms with Crippen molar-refractivity contribution in [3.63, 3.8) is 0 Å². The van der Waals surface area contributed by atoms with Crippen molar-refractivity contribution in [3.8, 4) is 11.5 Å². The van der Waals surface area contributed by atoms with Gasteiger partial charge in [0.15, 0.2) is 0 Å². The molecule has 3 amide bonds. The number of hydrogen-bond donors (Lipinski definition) is 4. The van der Waals surface area contributed by atoms with Gasteiger partial charge in [0.25, 0.3) is 5.91 Å². The molecule has 11 heteroatoms. The topological polar surface area (TPSA) is 123 Å². The number of rotatable bonds is 8. The van der Waals surface area contributed by atoms with Crippen LogP contribution >= 0.6 is 22.6 Å². The van der Waals surface area contributed by atoms with E-state index in [2.05, 4.69) is 16.0 Å². The second kappa shape index (κ2) is 10.9. The molecule has 3 aromatic rings. The highest BCUT2D eigenvalue weighted by molar-refractivity contribution is 14.1. The average molecular weight is 580 g/mol. The molecular formula is C23H19F2IN4O4. The third-order valence-corrected chi connectivity index (χ3v) is 5.03. The maximum atomic E-state index is 14.4. The summed E-state index contributed by atoms with van der Waals surface area (Å²) in [5.74, 6) is -3.15. The zero-order valence-electron chi connectivity index (χ0n) is 17.7. The molecule has 0 unspecified atom stereocenters. The lowest BCUT2D eigenvalue weighted by molar-refractivity contribution is -0.122. The molecule has 34 heavy (non-hydrogen) atoms. The SMILES string of the molecule is CC(=O)NCC(=O)Nc1cccc(Oc2cc(F)cc(Nc3ccc(I)cc3F)c2C(N)=O)c1. The van der Waals surface area contributed by atoms with Gasteiger partial charge in [-0.2, -0.15) is 0 Å². The summed E-state index contributed by atoms with van der Waals surface area (Å²) in [5.41, 5.74) is 5.60. The van der Waals surface area contributed by atoms with Crippen molar-refractivity contribution in [1.29, 1.82) is 0 Å². The van der Waals surface area contributed by atoms with Crippen molar-refractivity contribution in [1.82, 2.24) is 5.32 Å². The number of carbonyl (C=O) groups excluding carboxylic acids is 3. The number of hydrogen-bond acceptors (Lipinski definition) is 5. The summed E-state index contributed by atoms with van der Waals surface area (Å²) in [6, 6.07) is 12.4. The second-order valence-corrected chi connectivity index (χ2v) is 8.27. The molecule has 8 nitrogen and oxygen atoms in total. The lowest BCUT2D eigenvalue weighted by atomic mass is 10.1. The third-order valence-electron chi connectivity index (χ3n) is 4.36. The highest BCUT2D eigenvalue weighted by Crippen LogP contribution is 2.34. The maximum Gasteiger partial charge on any atom is 0.254 e. The molecule has 0 heterocycles. The minimum atomic E-state index is -0.928. The fraction of sp³-hybridized carbons (Fsp3) is 0.0870. The highest BCUT2D eigenvalue weighted by atomic mass is 127. The molecule has 5 N–H and O–H groups in total. The van der Waals surface area contributed by atoms with Crippen LogP contribution in [-0.2, 0) is 9.59 Å². The van der Waals surface area contributed by atoms with Crippen LogP contribution in [-0.4, -0.2) is 24.3 Å². The number of anilines is 3. The number of benzene rings is 3. The van der Waals surface area contributed by atoms with Crippen LogP contribution in [0.2, 0.25) is 0 Å². The Hall–Kier alpha value is -3.74. The number of carbonyl (C=O) groups is 3. The van der Waals surface area contributed by atoms with Gasteiger partial charge < -0.3 is 26.4 Å². The van der Waals surface area contributed by atoms with Crippen LogP contribution in [0.1, 0.15) is 17.3 Å². The maximum absolute atomic E-state index is 14.4. The predicted octanol–water partition coefficient (Wildman–Crippen LogP) is 4.28. The van der Waals surface area contributed by atoms with Gasteiger partial charge >= 0.3 is 0 Å². The molecular weight excluding hydrogens is 561 g/mol. The Kier molecular flexibility index (Phi) is 7.99. The zero-order chi connectivity index (χ0) is 24.8. The molecule has 0 saturated carbocycles. The molecule has 0 aliphatic rings. The van der Waals surface area contributed by atoms with E-state index in [9.17, 15) is 23.2 Å². The Morgan fingerprint density at radius 3 is 2.47 bits per heavy atom. The Bertz CT molecular complexity index is 1270. The molecule has 176 valence electrons. The van der Waals surface area contributed by atoms with Crippen molar-refractivity contribution < 1.29 is 27.9 Å². The molecule has 0 atom stereocenters. The average Bonchev–Trinajstić information content (AvgIpc) is 2.74. The molecule has 3 rings (SSSR count). The van der Waals surface area contributed by atoms with Crippen LogP contribution in [0, 0.1) is 15.2 Å². The number of nitrogens with two attached hydrogens (primary N) is 1. The van der Waals surface area contributed by atoms with E-state index in [1.54, 1.807) is 18.2 Å². The van der Waals surface area contributed by atoms with Crippen LogP contribution in [0.5, 0.6) is 11.5 Å². The van der Waals surface area contributed by atoms with E-state index < -0.39 is 23.4 Å². The molecule has 3 aromatic carbocycles. The van der Waals surface area contributed by atoms with E-state index in [1.807, 2.05) is 22.6 Å².